The van der Waals surface area contributed by atoms with Crippen molar-refractivity contribution in [2.24, 2.45) is 11.3 Å². The molecule has 4 aliphatic rings. The normalized spacial score (nSPS) is 35.4. The monoisotopic (exact) mass is 386 g/mol. The first-order chi connectivity index (χ1) is 13.5. The Bertz CT molecular complexity index is 806. The molecule has 5 rings (SSSR count). The average molecular weight is 386 g/mol. The van der Waals surface area contributed by atoms with E-state index in [2.05, 4.69) is 5.32 Å². The minimum atomic E-state index is -1.07. The number of nitrogens with one attached hydrogen (secondary N) is 1. The fraction of sp³-hybridized carbons (Fsp3) is 0.619. The molecule has 0 bridgehead atoms. The molecule has 2 atom stereocenters. The van der Waals surface area contributed by atoms with Gasteiger partial charge in [0.05, 0.1) is 11.5 Å². The van der Waals surface area contributed by atoms with Gasteiger partial charge in [-0.05, 0) is 44.2 Å². The number of para-hydroxylation sites is 2. The Morgan fingerprint density at radius 2 is 2.00 bits per heavy atom. The standard InChI is InChI=1S/C21H26N2O5/c1-20(13-27-16-5-2-3-6-17(16)28-20)19(25)23-7-4-8-26-15(12-23)11-22-18(24)21-9-14(21)10-21/h2-3,5-6,14-15H,4,7-13H2,1H3,(H,22,24). The highest BCUT2D eigenvalue weighted by Crippen LogP contribution is 2.75. The summed E-state index contributed by atoms with van der Waals surface area (Å²) >= 11 is 0. The molecule has 0 radical (unpaired) electrons. The topological polar surface area (TPSA) is 77.1 Å². The van der Waals surface area contributed by atoms with Crippen molar-refractivity contribution in [2.75, 3.05) is 32.8 Å². The molecule has 1 aromatic rings. The number of benzene rings is 1. The van der Waals surface area contributed by atoms with Crippen molar-refractivity contribution >= 4 is 11.8 Å². The van der Waals surface area contributed by atoms with Gasteiger partial charge in [-0.3, -0.25) is 9.59 Å². The molecule has 7 heteroatoms. The third kappa shape index (κ3) is 3.02. The number of hydrogen-bond acceptors (Lipinski definition) is 5. The predicted molar refractivity (Wildman–Crippen MR) is 100 cm³/mol. The Labute approximate surface area is 164 Å². The van der Waals surface area contributed by atoms with Crippen molar-refractivity contribution in [3.8, 4) is 11.5 Å². The minimum absolute atomic E-state index is 0.0472. The van der Waals surface area contributed by atoms with Gasteiger partial charge >= 0.3 is 0 Å². The molecule has 0 spiro atoms. The van der Waals surface area contributed by atoms with E-state index in [0.717, 1.165) is 19.3 Å². The summed E-state index contributed by atoms with van der Waals surface area (Å²) in [6.07, 6.45) is 2.62. The molecular weight excluding hydrogens is 360 g/mol. The van der Waals surface area contributed by atoms with E-state index in [1.54, 1.807) is 11.8 Å². The van der Waals surface area contributed by atoms with Crippen LogP contribution < -0.4 is 14.8 Å². The van der Waals surface area contributed by atoms with Crippen molar-refractivity contribution in [1.29, 1.82) is 0 Å². The third-order valence-corrected chi connectivity index (χ3v) is 6.40. The lowest BCUT2D eigenvalue weighted by atomic mass is 10.0. The molecule has 1 N–H and O–H groups in total. The van der Waals surface area contributed by atoms with E-state index in [9.17, 15) is 9.59 Å². The summed E-state index contributed by atoms with van der Waals surface area (Å²) in [6.45, 7) is 4.01. The maximum atomic E-state index is 13.3. The van der Waals surface area contributed by atoms with Gasteiger partial charge in [-0.25, -0.2) is 0 Å². The zero-order valence-corrected chi connectivity index (χ0v) is 16.1. The van der Waals surface area contributed by atoms with Gasteiger partial charge in [0.25, 0.3) is 5.91 Å². The van der Waals surface area contributed by atoms with Crippen LogP contribution in [0.2, 0.25) is 0 Å². The fourth-order valence-corrected chi connectivity index (χ4v) is 4.24. The summed E-state index contributed by atoms with van der Waals surface area (Å²) in [5, 5.41) is 3.03. The summed E-state index contributed by atoms with van der Waals surface area (Å²) in [5.41, 5.74) is -1.12. The molecular formula is C21H26N2O5. The molecule has 2 amide bonds. The first kappa shape index (κ1) is 17.8. The van der Waals surface area contributed by atoms with Crippen LogP contribution in [0.25, 0.3) is 0 Å². The minimum Gasteiger partial charge on any atom is -0.485 e. The second kappa shape index (κ2) is 6.37. The van der Waals surface area contributed by atoms with Crippen molar-refractivity contribution in [3.63, 3.8) is 0 Å². The van der Waals surface area contributed by atoms with E-state index in [1.807, 2.05) is 24.3 Å². The maximum absolute atomic E-state index is 13.3. The van der Waals surface area contributed by atoms with E-state index in [4.69, 9.17) is 14.2 Å². The van der Waals surface area contributed by atoms with E-state index >= 15 is 0 Å². The average Bonchev–Trinajstić information content (AvgIpc) is 3.56. The number of rotatable bonds is 4. The van der Waals surface area contributed by atoms with E-state index in [-0.39, 0.29) is 29.9 Å². The van der Waals surface area contributed by atoms with Crippen molar-refractivity contribution < 1.29 is 23.8 Å². The summed E-state index contributed by atoms with van der Waals surface area (Å²) in [5.74, 6) is 1.90. The van der Waals surface area contributed by atoms with Gasteiger partial charge in [0, 0.05) is 26.2 Å². The highest BCUT2D eigenvalue weighted by atomic mass is 16.6. The SMILES string of the molecule is CC1(C(=O)N2CCCOC(CNC(=O)C34CC3C4)C2)COc2ccccc2O1. The second-order valence-corrected chi connectivity index (χ2v) is 8.64. The summed E-state index contributed by atoms with van der Waals surface area (Å²) in [4.78, 5) is 27.3. The molecule has 2 heterocycles. The molecule has 1 aromatic carbocycles. The molecule has 2 saturated carbocycles. The van der Waals surface area contributed by atoms with Gasteiger partial charge < -0.3 is 24.4 Å². The lowest BCUT2D eigenvalue weighted by Crippen LogP contribution is -2.57. The number of ether oxygens (including phenoxy) is 3. The summed E-state index contributed by atoms with van der Waals surface area (Å²) < 4.78 is 17.7. The Morgan fingerprint density at radius 1 is 1.25 bits per heavy atom. The molecule has 2 aliphatic carbocycles. The van der Waals surface area contributed by atoms with Crippen LogP contribution in [0.5, 0.6) is 11.5 Å². The quantitative estimate of drug-likeness (QED) is 0.846. The van der Waals surface area contributed by atoms with Crippen LogP contribution in [0.4, 0.5) is 0 Å². The van der Waals surface area contributed by atoms with E-state index in [0.29, 0.717) is 43.7 Å². The molecule has 150 valence electrons. The van der Waals surface area contributed by atoms with Gasteiger partial charge in [0.15, 0.2) is 11.5 Å². The van der Waals surface area contributed by atoms with Gasteiger partial charge in [0.2, 0.25) is 11.5 Å². The molecule has 2 unspecified atom stereocenters. The van der Waals surface area contributed by atoms with Crippen LogP contribution in [0.3, 0.4) is 0 Å². The lowest BCUT2D eigenvalue weighted by Gasteiger charge is -2.38. The number of nitrogens with zero attached hydrogens (tertiary/aromatic N) is 1. The van der Waals surface area contributed by atoms with Crippen LogP contribution in [0.15, 0.2) is 24.3 Å². The van der Waals surface area contributed by atoms with Crippen LogP contribution in [-0.2, 0) is 14.3 Å². The smallest absolute Gasteiger partial charge is 0.270 e. The largest absolute Gasteiger partial charge is 0.485 e. The summed E-state index contributed by atoms with van der Waals surface area (Å²) in [6, 6.07) is 7.39. The van der Waals surface area contributed by atoms with Crippen LogP contribution in [0.1, 0.15) is 26.2 Å². The van der Waals surface area contributed by atoms with Gasteiger partial charge in [-0.15, -0.1) is 0 Å². The molecule has 0 aromatic heterocycles. The van der Waals surface area contributed by atoms with Gasteiger partial charge in [-0.2, -0.15) is 0 Å². The molecule has 3 fully saturated rings. The molecule has 7 nitrogen and oxygen atoms in total. The fourth-order valence-electron chi connectivity index (χ4n) is 4.24. The Balaban J connectivity index is 1.22. The zero-order chi connectivity index (χ0) is 19.4. The number of fused-ring (bicyclic) bond motifs is 2. The highest BCUT2D eigenvalue weighted by Gasteiger charge is 2.74. The van der Waals surface area contributed by atoms with Crippen molar-refractivity contribution in [2.45, 2.75) is 37.9 Å². The highest BCUT2D eigenvalue weighted by molar-refractivity contribution is 5.90. The molecule has 1 saturated heterocycles. The van der Waals surface area contributed by atoms with Crippen LogP contribution in [-0.4, -0.2) is 61.3 Å². The molecule has 2 aliphatic heterocycles. The Morgan fingerprint density at radius 3 is 2.75 bits per heavy atom. The maximum Gasteiger partial charge on any atom is 0.270 e. The number of carbonyl (C=O) groups excluding carboxylic acids is 2. The van der Waals surface area contributed by atoms with Gasteiger partial charge in [0.1, 0.15) is 6.61 Å². The van der Waals surface area contributed by atoms with Gasteiger partial charge in [-0.1, -0.05) is 12.1 Å². The Kier molecular flexibility index (Phi) is 4.05. The first-order valence-corrected chi connectivity index (χ1v) is 10.1. The summed E-state index contributed by atoms with van der Waals surface area (Å²) in [7, 11) is 0. The zero-order valence-electron chi connectivity index (χ0n) is 16.1. The van der Waals surface area contributed by atoms with E-state index in [1.165, 1.54) is 0 Å². The van der Waals surface area contributed by atoms with Crippen molar-refractivity contribution in [1.82, 2.24) is 10.2 Å². The number of hydrogen-bond donors (Lipinski definition) is 1. The predicted octanol–water partition coefficient (Wildman–Crippen LogP) is 1.36. The first-order valence-electron chi connectivity index (χ1n) is 10.1. The number of amides is 2. The van der Waals surface area contributed by atoms with Crippen LogP contribution in [0, 0.1) is 11.3 Å². The Hall–Kier alpha value is -2.28. The van der Waals surface area contributed by atoms with Crippen molar-refractivity contribution in [3.05, 3.63) is 24.3 Å². The second-order valence-electron chi connectivity index (χ2n) is 8.64. The molecule has 28 heavy (non-hydrogen) atoms. The van der Waals surface area contributed by atoms with Crippen LogP contribution >= 0.6 is 0 Å². The number of carbonyl (C=O) groups is 2. The third-order valence-electron chi connectivity index (χ3n) is 6.40. The lowest BCUT2D eigenvalue weighted by molar-refractivity contribution is -0.152. The van der Waals surface area contributed by atoms with E-state index < -0.39 is 5.60 Å².